The maximum absolute atomic E-state index is 5.43. The topological polar surface area (TPSA) is 21.3 Å². The SMILES string of the molecule is CSC1(CNC2CCCOC2)CC1. The number of ether oxygens (including phenoxy) is 1. The summed E-state index contributed by atoms with van der Waals surface area (Å²) in [5, 5.41) is 3.63. The lowest BCUT2D eigenvalue weighted by Gasteiger charge is -2.25. The summed E-state index contributed by atoms with van der Waals surface area (Å²) in [4.78, 5) is 0. The average Bonchev–Trinajstić information content (AvgIpc) is 2.97. The molecule has 0 aromatic rings. The Balaban J connectivity index is 1.66. The van der Waals surface area contributed by atoms with Crippen LogP contribution in [0, 0.1) is 0 Å². The fourth-order valence-corrected chi connectivity index (χ4v) is 2.56. The van der Waals surface area contributed by atoms with Crippen LogP contribution in [0.5, 0.6) is 0 Å². The fraction of sp³-hybridized carbons (Fsp3) is 1.00. The molecule has 0 bridgehead atoms. The van der Waals surface area contributed by atoms with Crippen LogP contribution in [0.25, 0.3) is 0 Å². The first kappa shape index (κ1) is 9.81. The van der Waals surface area contributed by atoms with Gasteiger partial charge in [-0.1, -0.05) is 0 Å². The Morgan fingerprint density at radius 2 is 2.38 bits per heavy atom. The van der Waals surface area contributed by atoms with Crippen molar-refractivity contribution in [1.29, 1.82) is 0 Å². The quantitative estimate of drug-likeness (QED) is 0.747. The summed E-state index contributed by atoms with van der Waals surface area (Å²) in [6, 6.07) is 0.623. The Kier molecular flexibility index (Phi) is 3.17. The zero-order chi connectivity index (χ0) is 9.15. The molecule has 3 heteroatoms. The third-order valence-electron chi connectivity index (χ3n) is 3.11. The van der Waals surface area contributed by atoms with E-state index in [1.54, 1.807) is 0 Å². The lowest BCUT2D eigenvalue weighted by molar-refractivity contribution is 0.0705. The molecule has 0 radical (unpaired) electrons. The van der Waals surface area contributed by atoms with Crippen LogP contribution in [-0.4, -0.2) is 36.8 Å². The third-order valence-corrected chi connectivity index (χ3v) is 4.53. The van der Waals surface area contributed by atoms with E-state index in [1.807, 2.05) is 11.8 Å². The number of nitrogens with one attached hydrogen (secondary N) is 1. The standard InChI is InChI=1S/C10H19NOS/c1-13-10(4-5-10)8-11-9-3-2-6-12-7-9/h9,11H,2-8H2,1H3. The van der Waals surface area contributed by atoms with Crippen molar-refractivity contribution in [2.45, 2.75) is 36.5 Å². The molecule has 0 spiro atoms. The molecule has 1 aliphatic heterocycles. The Hall–Kier alpha value is 0.270. The minimum Gasteiger partial charge on any atom is -0.380 e. The van der Waals surface area contributed by atoms with Gasteiger partial charge in [-0.25, -0.2) is 0 Å². The van der Waals surface area contributed by atoms with Gasteiger partial charge in [0.15, 0.2) is 0 Å². The van der Waals surface area contributed by atoms with E-state index >= 15 is 0 Å². The van der Waals surface area contributed by atoms with Gasteiger partial charge in [-0.3, -0.25) is 0 Å². The summed E-state index contributed by atoms with van der Waals surface area (Å²) in [6.45, 7) is 3.07. The van der Waals surface area contributed by atoms with Crippen molar-refractivity contribution in [3.63, 3.8) is 0 Å². The van der Waals surface area contributed by atoms with E-state index in [2.05, 4.69) is 11.6 Å². The van der Waals surface area contributed by atoms with Crippen molar-refractivity contribution in [3.8, 4) is 0 Å². The van der Waals surface area contributed by atoms with Gasteiger partial charge < -0.3 is 10.1 Å². The van der Waals surface area contributed by atoms with E-state index in [-0.39, 0.29) is 0 Å². The van der Waals surface area contributed by atoms with Gasteiger partial charge in [-0.15, -0.1) is 0 Å². The third kappa shape index (κ3) is 2.61. The average molecular weight is 201 g/mol. The van der Waals surface area contributed by atoms with E-state index < -0.39 is 0 Å². The largest absolute Gasteiger partial charge is 0.380 e. The van der Waals surface area contributed by atoms with Crippen LogP contribution in [0.15, 0.2) is 0 Å². The van der Waals surface area contributed by atoms with Gasteiger partial charge in [-0.05, 0) is 31.9 Å². The van der Waals surface area contributed by atoms with Crippen LogP contribution in [-0.2, 0) is 4.74 Å². The number of hydrogen-bond acceptors (Lipinski definition) is 3. The first-order chi connectivity index (χ1) is 6.35. The summed E-state index contributed by atoms with van der Waals surface area (Å²) >= 11 is 2.02. The lowest BCUT2D eigenvalue weighted by Crippen LogP contribution is -2.40. The molecule has 1 saturated carbocycles. The lowest BCUT2D eigenvalue weighted by atomic mass is 10.1. The summed E-state index contributed by atoms with van der Waals surface area (Å²) in [5.74, 6) is 0. The second-order valence-electron chi connectivity index (χ2n) is 4.18. The maximum Gasteiger partial charge on any atom is 0.0619 e. The molecular formula is C10H19NOS. The molecule has 76 valence electrons. The number of hydrogen-bond donors (Lipinski definition) is 1. The van der Waals surface area contributed by atoms with Gasteiger partial charge in [0.05, 0.1) is 6.61 Å². The predicted octanol–water partition coefficient (Wildman–Crippen LogP) is 1.65. The van der Waals surface area contributed by atoms with E-state index in [1.165, 1.54) is 32.2 Å². The molecule has 2 rings (SSSR count). The highest BCUT2D eigenvalue weighted by molar-refractivity contribution is 8.00. The molecule has 2 nitrogen and oxygen atoms in total. The predicted molar refractivity (Wildman–Crippen MR) is 57.3 cm³/mol. The van der Waals surface area contributed by atoms with E-state index in [0.717, 1.165) is 13.2 Å². The number of rotatable bonds is 4. The van der Waals surface area contributed by atoms with Crippen molar-refractivity contribution < 1.29 is 4.74 Å². The molecule has 1 atom stereocenters. The second-order valence-corrected chi connectivity index (χ2v) is 5.46. The Labute approximate surface area is 84.8 Å². The van der Waals surface area contributed by atoms with Crippen LogP contribution in [0.2, 0.25) is 0 Å². The molecule has 1 saturated heterocycles. The highest BCUT2D eigenvalue weighted by Crippen LogP contribution is 2.46. The second kappa shape index (κ2) is 4.20. The van der Waals surface area contributed by atoms with Gasteiger partial charge in [0.1, 0.15) is 0 Å². The highest BCUT2D eigenvalue weighted by Gasteiger charge is 2.41. The van der Waals surface area contributed by atoms with Gasteiger partial charge >= 0.3 is 0 Å². The van der Waals surface area contributed by atoms with Crippen LogP contribution in [0.3, 0.4) is 0 Å². The van der Waals surface area contributed by atoms with Crippen LogP contribution >= 0.6 is 11.8 Å². The van der Waals surface area contributed by atoms with Crippen molar-refractivity contribution in [2.24, 2.45) is 0 Å². The Bertz CT molecular complexity index is 164. The van der Waals surface area contributed by atoms with Crippen molar-refractivity contribution in [3.05, 3.63) is 0 Å². The zero-order valence-electron chi connectivity index (χ0n) is 8.34. The van der Waals surface area contributed by atoms with E-state index in [0.29, 0.717) is 10.8 Å². The first-order valence-electron chi connectivity index (χ1n) is 5.21. The van der Waals surface area contributed by atoms with Crippen LogP contribution < -0.4 is 5.32 Å². The highest BCUT2D eigenvalue weighted by atomic mass is 32.2. The Morgan fingerprint density at radius 3 is 2.92 bits per heavy atom. The molecule has 0 aromatic heterocycles. The molecular weight excluding hydrogens is 182 g/mol. The molecule has 1 aliphatic carbocycles. The monoisotopic (exact) mass is 201 g/mol. The molecule has 0 amide bonds. The Morgan fingerprint density at radius 1 is 1.54 bits per heavy atom. The normalized spacial score (nSPS) is 31.6. The molecule has 1 N–H and O–H groups in total. The molecule has 2 fully saturated rings. The van der Waals surface area contributed by atoms with Crippen molar-refractivity contribution >= 4 is 11.8 Å². The first-order valence-corrected chi connectivity index (χ1v) is 6.43. The smallest absolute Gasteiger partial charge is 0.0619 e. The van der Waals surface area contributed by atoms with Crippen molar-refractivity contribution in [1.82, 2.24) is 5.32 Å². The maximum atomic E-state index is 5.43. The van der Waals surface area contributed by atoms with Crippen LogP contribution in [0.4, 0.5) is 0 Å². The zero-order valence-corrected chi connectivity index (χ0v) is 9.16. The van der Waals surface area contributed by atoms with Gasteiger partial charge in [-0.2, -0.15) is 11.8 Å². The van der Waals surface area contributed by atoms with Gasteiger partial charge in [0, 0.05) is 23.9 Å². The number of thioether (sulfide) groups is 1. The van der Waals surface area contributed by atoms with E-state index in [9.17, 15) is 0 Å². The summed E-state index contributed by atoms with van der Waals surface area (Å²) in [6.07, 6.45) is 7.55. The van der Waals surface area contributed by atoms with Gasteiger partial charge in [0.25, 0.3) is 0 Å². The minimum absolute atomic E-state index is 0.595. The molecule has 2 aliphatic rings. The molecule has 1 unspecified atom stereocenters. The minimum atomic E-state index is 0.595. The molecule has 13 heavy (non-hydrogen) atoms. The van der Waals surface area contributed by atoms with Crippen molar-refractivity contribution in [2.75, 3.05) is 26.0 Å². The summed E-state index contributed by atoms with van der Waals surface area (Å²) in [7, 11) is 0. The van der Waals surface area contributed by atoms with Gasteiger partial charge in [0.2, 0.25) is 0 Å². The molecule has 0 aromatic carbocycles. The van der Waals surface area contributed by atoms with Crippen LogP contribution in [0.1, 0.15) is 25.7 Å². The van der Waals surface area contributed by atoms with E-state index in [4.69, 9.17) is 4.74 Å². The fourth-order valence-electron chi connectivity index (χ4n) is 1.82. The summed E-state index contributed by atoms with van der Waals surface area (Å²) in [5.41, 5.74) is 0. The summed E-state index contributed by atoms with van der Waals surface area (Å²) < 4.78 is 6.03. The molecule has 1 heterocycles.